The maximum absolute atomic E-state index is 12.0. The van der Waals surface area contributed by atoms with Crippen molar-refractivity contribution in [2.45, 2.75) is 39.5 Å². The number of carbonyl (C=O) groups is 4. The Morgan fingerprint density at radius 1 is 1.04 bits per heavy atom. The van der Waals surface area contributed by atoms with Crippen molar-refractivity contribution in [1.29, 1.82) is 0 Å². The first kappa shape index (κ1) is 21.9. The number of carboxylic acids is 1. The molecule has 0 aliphatic heterocycles. The highest BCUT2D eigenvalue weighted by atomic mass is 16.5. The van der Waals surface area contributed by atoms with Crippen LogP contribution in [-0.4, -0.2) is 47.6 Å². The van der Waals surface area contributed by atoms with Crippen LogP contribution in [0.5, 0.6) is 0 Å². The summed E-state index contributed by atoms with van der Waals surface area (Å²) in [4.78, 5) is 46.5. The summed E-state index contributed by atoms with van der Waals surface area (Å²) in [5.41, 5.74) is 0.806. The molecule has 9 nitrogen and oxygen atoms in total. The number of carbonyl (C=O) groups excluding carboxylic acids is 3. The lowest BCUT2D eigenvalue weighted by atomic mass is 10.0. The van der Waals surface area contributed by atoms with Gasteiger partial charge >= 0.3 is 12.1 Å². The number of benzene rings is 1. The number of aliphatic carboxylic acids is 1. The number of amides is 3. The van der Waals surface area contributed by atoms with Gasteiger partial charge in [0, 0.05) is 0 Å². The molecule has 0 saturated carbocycles. The van der Waals surface area contributed by atoms with Crippen LogP contribution in [0, 0.1) is 5.92 Å². The number of hydrogen-bond acceptors (Lipinski definition) is 5. The molecule has 0 spiro atoms. The molecule has 0 saturated heterocycles. The molecule has 0 fully saturated rings. The lowest BCUT2D eigenvalue weighted by molar-refractivity contribution is -0.143. The van der Waals surface area contributed by atoms with E-state index in [4.69, 9.17) is 9.84 Å². The van der Waals surface area contributed by atoms with Crippen molar-refractivity contribution >= 4 is 23.9 Å². The van der Waals surface area contributed by atoms with Crippen molar-refractivity contribution in [3.63, 3.8) is 0 Å². The molecule has 0 bridgehead atoms. The molecule has 0 aromatic heterocycles. The number of carboxylic acid groups (broad SMARTS) is 1. The Balaban J connectivity index is 2.34. The molecular weight excluding hydrogens is 354 g/mol. The molecule has 27 heavy (non-hydrogen) atoms. The molecular formula is C18H25N3O6. The fourth-order valence-corrected chi connectivity index (χ4v) is 2.08. The second-order valence-electron chi connectivity index (χ2n) is 6.27. The van der Waals surface area contributed by atoms with E-state index in [9.17, 15) is 19.2 Å². The van der Waals surface area contributed by atoms with Gasteiger partial charge in [-0.3, -0.25) is 9.59 Å². The molecule has 2 atom stereocenters. The summed E-state index contributed by atoms with van der Waals surface area (Å²) in [5.74, 6) is -2.70. The lowest BCUT2D eigenvalue weighted by Crippen LogP contribution is -2.53. The molecule has 9 heteroatoms. The monoisotopic (exact) mass is 379 g/mol. The van der Waals surface area contributed by atoms with E-state index in [1.54, 1.807) is 26.0 Å². The summed E-state index contributed by atoms with van der Waals surface area (Å²) < 4.78 is 4.96. The van der Waals surface area contributed by atoms with Crippen molar-refractivity contribution < 1.29 is 29.0 Å². The third-order valence-corrected chi connectivity index (χ3v) is 3.61. The molecule has 0 heterocycles. The highest BCUT2D eigenvalue weighted by Crippen LogP contribution is 2.02. The van der Waals surface area contributed by atoms with Gasteiger partial charge < -0.3 is 25.8 Å². The van der Waals surface area contributed by atoms with E-state index in [1.165, 1.54) is 6.92 Å². The summed E-state index contributed by atoms with van der Waals surface area (Å²) in [6, 6.07) is 7.03. The van der Waals surface area contributed by atoms with Gasteiger partial charge in [-0.2, -0.15) is 0 Å². The smallest absolute Gasteiger partial charge is 0.407 e. The largest absolute Gasteiger partial charge is 0.480 e. The Morgan fingerprint density at radius 2 is 1.67 bits per heavy atom. The average Bonchev–Trinajstić information content (AvgIpc) is 2.62. The Kier molecular flexibility index (Phi) is 8.77. The maximum atomic E-state index is 12.0. The van der Waals surface area contributed by atoms with E-state index in [-0.39, 0.29) is 19.1 Å². The van der Waals surface area contributed by atoms with Crippen molar-refractivity contribution in [1.82, 2.24) is 16.0 Å². The van der Waals surface area contributed by atoms with Crippen LogP contribution in [-0.2, 0) is 25.7 Å². The van der Waals surface area contributed by atoms with Gasteiger partial charge in [0.2, 0.25) is 11.8 Å². The highest BCUT2D eigenvalue weighted by Gasteiger charge is 2.26. The van der Waals surface area contributed by atoms with Crippen LogP contribution >= 0.6 is 0 Å². The Hall–Kier alpha value is -3.10. The second-order valence-corrected chi connectivity index (χ2v) is 6.27. The highest BCUT2D eigenvalue weighted by molar-refractivity contribution is 5.91. The summed E-state index contributed by atoms with van der Waals surface area (Å²) in [7, 11) is 0. The van der Waals surface area contributed by atoms with Crippen LogP contribution in [0.4, 0.5) is 4.79 Å². The molecule has 0 aliphatic carbocycles. The number of rotatable bonds is 9. The molecule has 3 amide bonds. The normalized spacial score (nSPS) is 12.6. The minimum atomic E-state index is -1.15. The number of ether oxygens (including phenoxy) is 1. The van der Waals surface area contributed by atoms with Crippen molar-refractivity contribution in [3.8, 4) is 0 Å². The van der Waals surface area contributed by atoms with Crippen LogP contribution in [0.25, 0.3) is 0 Å². The molecule has 148 valence electrons. The Morgan fingerprint density at radius 3 is 2.22 bits per heavy atom. The molecule has 1 aromatic carbocycles. The van der Waals surface area contributed by atoms with Gasteiger partial charge in [0.1, 0.15) is 25.2 Å². The lowest BCUT2D eigenvalue weighted by Gasteiger charge is -2.21. The molecule has 0 unspecified atom stereocenters. The fourth-order valence-electron chi connectivity index (χ4n) is 2.08. The van der Waals surface area contributed by atoms with E-state index in [0.29, 0.717) is 0 Å². The quantitative estimate of drug-likeness (QED) is 0.498. The topological polar surface area (TPSA) is 134 Å². The first-order valence-electron chi connectivity index (χ1n) is 8.47. The first-order chi connectivity index (χ1) is 12.7. The minimum absolute atomic E-state index is 0.0683. The standard InChI is InChI=1S/C18H25N3O6/c1-11(2)15(17(24)25)21-16(23)12(3)20-14(22)9-19-18(26)27-10-13-7-5-4-6-8-13/h4-8,11-12,15H,9-10H2,1-3H3,(H,19,26)(H,20,22)(H,21,23)(H,24,25)/t12-,15-/m0/s1. The zero-order valence-electron chi connectivity index (χ0n) is 15.5. The Bertz CT molecular complexity index is 662. The van der Waals surface area contributed by atoms with Crippen LogP contribution < -0.4 is 16.0 Å². The molecule has 4 N–H and O–H groups in total. The van der Waals surface area contributed by atoms with E-state index in [1.807, 2.05) is 18.2 Å². The Labute approximate surface area is 157 Å². The minimum Gasteiger partial charge on any atom is -0.480 e. The van der Waals surface area contributed by atoms with Gasteiger partial charge in [-0.05, 0) is 18.4 Å². The van der Waals surface area contributed by atoms with Gasteiger partial charge in [0.25, 0.3) is 0 Å². The maximum Gasteiger partial charge on any atom is 0.407 e. The van der Waals surface area contributed by atoms with Crippen molar-refractivity contribution in [3.05, 3.63) is 35.9 Å². The van der Waals surface area contributed by atoms with E-state index in [2.05, 4.69) is 16.0 Å². The van der Waals surface area contributed by atoms with Gasteiger partial charge in [-0.1, -0.05) is 44.2 Å². The van der Waals surface area contributed by atoms with E-state index in [0.717, 1.165) is 5.56 Å². The van der Waals surface area contributed by atoms with Crippen molar-refractivity contribution in [2.24, 2.45) is 5.92 Å². The van der Waals surface area contributed by atoms with Crippen LogP contribution in [0.2, 0.25) is 0 Å². The molecule has 0 aliphatic rings. The van der Waals surface area contributed by atoms with Crippen LogP contribution in [0.1, 0.15) is 26.3 Å². The SMILES string of the molecule is CC(C)[C@H](NC(=O)[C@H](C)NC(=O)CNC(=O)OCc1ccccc1)C(=O)O. The number of alkyl carbamates (subject to hydrolysis) is 1. The molecule has 1 aromatic rings. The third-order valence-electron chi connectivity index (χ3n) is 3.61. The van der Waals surface area contributed by atoms with E-state index >= 15 is 0 Å². The summed E-state index contributed by atoms with van der Waals surface area (Å²) in [6.45, 7) is 4.43. The summed E-state index contributed by atoms with van der Waals surface area (Å²) in [5, 5.41) is 16.1. The predicted octanol–water partition coefficient (Wildman–Crippen LogP) is 0.643. The number of hydrogen-bond donors (Lipinski definition) is 4. The predicted molar refractivity (Wildman–Crippen MR) is 96.6 cm³/mol. The zero-order valence-corrected chi connectivity index (χ0v) is 15.5. The fraction of sp³-hybridized carbons (Fsp3) is 0.444. The molecule has 1 rings (SSSR count). The van der Waals surface area contributed by atoms with Crippen LogP contribution in [0.3, 0.4) is 0 Å². The van der Waals surface area contributed by atoms with E-state index < -0.39 is 36.0 Å². The van der Waals surface area contributed by atoms with Gasteiger partial charge in [-0.25, -0.2) is 9.59 Å². The molecule has 0 radical (unpaired) electrons. The zero-order chi connectivity index (χ0) is 20.4. The average molecular weight is 379 g/mol. The van der Waals surface area contributed by atoms with Gasteiger partial charge in [0.15, 0.2) is 0 Å². The number of nitrogens with one attached hydrogen (secondary N) is 3. The summed E-state index contributed by atoms with van der Waals surface area (Å²) in [6.07, 6.45) is -0.767. The summed E-state index contributed by atoms with van der Waals surface area (Å²) >= 11 is 0. The van der Waals surface area contributed by atoms with Crippen molar-refractivity contribution in [2.75, 3.05) is 6.54 Å². The van der Waals surface area contributed by atoms with Gasteiger partial charge in [0.05, 0.1) is 0 Å². The second kappa shape index (κ2) is 10.8. The third kappa shape index (κ3) is 8.21. The first-order valence-corrected chi connectivity index (χ1v) is 8.47. The van der Waals surface area contributed by atoms with Gasteiger partial charge in [-0.15, -0.1) is 0 Å². The van der Waals surface area contributed by atoms with Crippen LogP contribution in [0.15, 0.2) is 30.3 Å².